The van der Waals surface area contributed by atoms with Gasteiger partial charge in [0.25, 0.3) is 0 Å². The van der Waals surface area contributed by atoms with Gasteiger partial charge in [0.2, 0.25) is 21.8 Å². The molecule has 0 radical (unpaired) electrons. The number of carbonyl (C=O) groups excluding carboxylic acids is 2. The van der Waals surface area contributed by atoms with Crippen LogP contribution in [0.3, 0.4) is 0 Å². The molecule has 0 heterocycles. The van der Waals surface area contributed by atoms with Crippen molar-refractivity contribution in [3.8, 4) is 0 Å². The van der Waals surface area contributed by atoms with Crippen LogP contribution in [-0.4, -0.2) is 50.5 Å². The fourth-order valence-corrected chi connectivity index (χ4v) is 4.12. The van der Waals surface area contributed by atoms with Crippen LogP contribution in [0.5, 0.6) is 0 Å². The number of carbonyl (C=O) groups is 2. The van der Waals surface area contributed by atoms with Gasteiger partial charge in [0, 0.05) is 24.2 Å². The number of nitrogens with zero attached hydrogens (tertiary/aromatic N) is 2. The summed E-state index contributed by atoms with van der Waals surface area (Å²) in [6.45, 7) is 3.08. The predicted octanol–water partition coefficient (Wildman–Crippen LogP) is 3.33. The molecule has 0 aliphatic carbocycles. The maximum absolute atomic E-state index is 13.7. The number of anilines is 1. The van der Waals surface area contributed by atoms with E-state index in [1.54, 1.807) is 24.3 Å². The van der Waals surface area contributed by atoms with Gasteiger partial charge < -0.3 is 10.2 Å². The van der Waals surface area contributed by atoms with Gasteiger partial charge in [-0.05, 0) is 43.2 Å². The monoisotopic (exact) mass is 501 g/mol. The fraction of sp³-hybridized carbons (Fsp3) is 0.364. The van der Waals surface area contributed by atoms with Crippen molar-refractivity contribution in [2.45, 2.75) is 32.9 Å². The largest absolute Gasteiger partial charge is 0.354 e. The van der Waals surface area contributed by atoms with Crippen LogP contribution in [0.4, 0.5) is 14.5 Å². The van der Waals surface area contributed by atoms with Crippen LogP contribution in [0.25, 0.3) is 0 Å². The summed E-state index contributed by atoms with van der Waals surface area (Å²) < 4.78 is 52.5. The lowest BCUT2D eigenvalue weighted by Gasteiger charge is -2.31. The molecule has 7 nitrogen and oxygen atoms in total. The first-order valence-electron chi connectivity index (χ1n) is 10.2. The highest BCUT2D eigenvalue weighted by atomic mass is 35.5. The average molecular weight is 502 g/mol. The second kappa shape index (κ2) is 11.4. The van der Waals surface area contributed by atoms with Gasteiger partial charge in [-0.1, -0.05) is 30.7 Å². The zero-order valence-corrected chi connectivity index (χ0v) is 20.1. The van der Waals surface area contributed by atoms with Crippen molar-refractivity contribution < 1.29 is 26.8 Å². The number of sulfonamides is 1. The molecule has 0 aliphatic heterocycles. The average Bonchev–Trinajstić information content (AvgIpc) is 2.74. The van der Waals surface area contributed by atoms with E-state index in [1.165, 1.54) is 11.8 Å². The number of halogens is 3. The first-order valence-corrected chi connectivity index (χ1v) is 12.4. The summed E-state index contributed by atoms with van der Waals surface area (Å²) in [4.78, 5) is 27.1. The van der Waals surface area contributed by atoms with E-state index in [1.807, 2.05) is 6.92 Å². The Morgan fingerprint density at radius 1 is 1.12 bits per heavy atom. The van der Waals surface area contributed by atoms with Gasteiger partial charge >= 0.3 is 0 Å². The van der Waals surface area contributed by atoms with E-state index in [2.05, 4.69) is 5.32 Å². The number of benzene rings is 2. The lowest BCUT2D eigenvalue weighted by molar-refractivity contribution is -0.139. The van der Waals surface area contributed by atoms with Gasteiger partial charge in [-0.25, -0.2) is 17.2 Å². The highest BCUT2D eigenvalue weighted by Gasteiger charge is 2.30. The Kier molecular flexibility index (Phi) is 9.18. The van der Waals surface area contributed by atoms with Crippen LogP contribution < -0.4 is 9.62 Å². The van der Waals surface area contributed by atoms with Crippen LogP contribution in [-0.2, 0) is 26.2 Å². The van der Waals surface area contributed by atoms with E-state index < -0.39 is 46.1 Å². The predicted molar refractivity (Wildman–Crippen MR) is 123 cm³/mol. The van der Waals surface area contributed by atoms with Crippen molar-refractivity contribution in [2.24, 2.45) is 0 Å². The highest BCUT2D eigenvalue weighted by Crippen LogP contribution is 2.22. The first-order chi connectivity index (χ1) is 15.4. The summed E-state index contributed by atoms with van der Waals surface area (Å²) >= 11 is 6.03. The molecule has 0 bridgehead atoms. The van der Waals surface area contributed by atoms with Crippen LogP contribution in [0.2, 0.25) is 5.02 Å². The van der Waals surface area contributed by atoms with Crippen molar-refractivity contribution >= 4 is 39.1 Å². The summed E-state index contributed by atoms with van der Waals surface area (Å²) in [6.07, 6.45) is 1.54. The molecule has 0 aromatic heterocycles. The van der Waals surface area contributed by atoms with Gasteiger partial charge in [0.1, 0.15) is 12.6 Å². The van der Waals surface area contributed by atoms with Crippen molar-refractivity contribution in [3.05, 3.63) is 64.7 Å². The Hall–Kier alpha value is -2.72. The molecule has 0 unspecified atom stereocenters. The number of amides is 2. The molecular weight excluding hydrogens is 476 g/mol. The number of rotatable bonds is 10. The summed E-state index contributed by atoms with van der Waals surface area (Å²) in [5.41, 5.74) is 0.417. The summed E-state index contributed by atoms with van der Waals surface area (Å²) in [7, 11) is -4.04. The lowest BCUT2D eigenvalue weighted by atomic mass is 10.1. The molecule has 0 fully saturated rings. The van der Waals surface area contributed by atoms with Gasteiger partial charge in [-0.3, -0.25) is 13.9 Å². The van der Waals surface area contributed by atoms with Crippen LogP contribution in [0.1, 0.15) is 25.8 Å². The molecule has 0 saturated heterocycles. The van der Waals surface area contributed by atoms with Crippen molar-refractivity contribution in [2.75, 3.05) is 23.7 Å². The maximum atomic E-state index is 13.7. The topological polar surface area (TPSA) is 86.8 Å². The SMILES string of the molecule is CCCNC(=O)[C@@H](C)N(Cc1cccc(Cl)c1)C(=O)CN(c1ccc(F)c(F)c1)S(C)(=O)=O. The van der Waals surface area contributed by atoms with E-state index in [0.717, 1.165) is 18.4 Å². The second-order valence-electron chi connectivity index (χ2n) is 7.49. The number of nitrogens with one attached hydrogen (secondary N) is 1. The Morgan fingerprint density at radius 3 is 2.39 bits per heavy atom. The van der Waals surface area contributed by atoms with E-state index >= 15 is 0 Å². The third-order valence-electron chi connectivity index (χ3n) is 4.83. The number of hydrogen-bond donors (Lipinski definition) is 1. The third-order valence-corrected chi connectivity index (χ3v) is 6.20. The quantitative estimate of drug-likeness (QED) is 0.541. The summed E-state index contributed by atoms with van der Waals surface area (Å²) in [6, 6.07) is 8.28. The molecule has 180 valence electrons. The van der Waals surface area contributed by atoms with Gasteiger partial charge in [-0.15, -0.1) is 0 Å². The Labute approximate surface area is 197 Å². The number of hydrogen-bond acceptors (Lipinski definition) is 4. The first kappa shape index (κ1) is 26.5. The van der Waals surface area contributed by atoms with Crippen molar-refractivity contribution in [3.63, 3.8) is 0 Å². The molecule has 0 spiro atoms. The van der Waals surface area contributed by atoms with E-state index in [4.69, 9.17) is 11.6 Å². The molecule has 1 atom stereocenters. The minimum Gasteiger partial charge on any atom is -0.354 e. The summed E-state index contributed by atoms with van der Waals surface area (Å²) in [5, 5.41) is 3.14. The van der Waals surface area contributed by atoms with Gasteiger partial charge in [-0.2, -0.15) is 0 Å². The highest BCUT2D eigenvalue weighted by molar-refractivity contribution is 7.92. The molecule has 2 aromatic carbocycles. The Morgan fingerprint density at radius 2 is 1.82 bits per heavy atom. The van der Waals surface area contributed by atoms with E-state index in [-0.39, 0.29) is 12.2 Å². The Bertz CT molecular complexity index is 1110. The van der Waals surface area contributed by atoms with Gasteiger partial charge in [0.15, 0.2) is 11.6 Å². The molecule has 33 heavy (non-hydrogen) atoms. The van der Waals surface area contributed by atoms with Crippen molar-refractivity contribution in [1.82, 2.24) is 10.2 Å². The molecular formula is C22H26ClF2N3O4S. The molecule has 1 N–H and O–H groups in total. The molecule has 0 aliphatic rings. The van der Waals surface area contributed by atoms with Crippen LogP contribution in [0, 0.1) is 11.6 Å². The molecule has 2 aromatic rings. The zero-order valence-electron chi connectivity index (χ0n) is 18.5. The summed E-state index contributed by atoms with van der Waals surface area (Å²) in [5.74, 6) is -3.52. The lowest BCUT2D eigenvalue weighted by Crippen LogP contribution is -2.51. The van der Waals surface area contributed by atoms with E-state index in [0.29, 0.717) is 33.9 Å². The maximum Gasteiger partial charge on any atom is 0.244 e. The van der Waals surface area contributed by atoms with Gasteiger partial charge in [0.05, 0.1) is 11.9 Å². The minimum atomic E-state index is -4.04. The normalized spacial score (nSPS) is 12.2. The Balaban J connectivity index is 2.39. The fourth-order valence-electron chi connectivity index (χ4n) is 3.06. The van der Waals surface area contributed by atoms with Crippen LogP contribution in [0.15, 0.2) is 42.5 Å². The van der Waals surface area contributed by atoms with E-state index in [9.17, 15) is 26.8 Å². The molecule has 11 heteroatoms. The molecule has 0 saturated carbocycles. The second-order valence-corrected chi connectivity index (χ2v) is 9.83. The molecule has 2 rings (SSSR count). The van der Waals surface area contributed by atoms with Crippen molar-refractivity contribution in [1.29, 1.82) is 0 Å². The van der Waals surface area contributed by atoms with Crippen LogP contribution >= 0.6 is 11.6 Å². The molecule has 2 amide bonds. The zero-order chi connectivity index (χ0) is 24.8. The minimum absolute atomic E-state index is 0.0184. The smallest absolute Gasteiger partial charge is 0.244 e. The third kappa shape index (κ3) is 7.40. The standard InChI is InChI=1S/C22H26ClF2N3O4S/c1-4-10-26-22(30)15(2)27(13-16-6-5-7-17(23)11-16)21(29)14-28(33(3,31)32)18-8-9-19(24)20(25)12-18/h5-9,11-12,15H,4,10,13-14H2,1-3H3,(H,26,30)/t15-/m1/s1.